The average Bonchev–Trinajstić information content (AvgIpc) is 2.69. The lowest BCUT2D eigenvalue weighted by Crippen LogP contribution is -2.23. The van der Waals surface area contributed by atoms with Crippen LogP contribution in [0, 0.1) is 11.7 Å². The number of amides is 1. The van der Waals surface area contributed by atoms with E-state index in [-0.39, 0.29) is 11.5 Å². The fraction of sp³-hybridized carbons (Fsp3) is 0.318. The molecule has 0 unspecified atom stereocenters. The number of unbranched alkanes of at least 4 members (excludes halogenated alkanes) is 2. The molecule has 6 heteroatoms. The molecule has 1 aromatic heterocycles. The van der Waals surface area contributed by atoms with Gasteiger partial charge in [0.1, 0.15) is 0 Å². The number of H-pyrrole nitrogens is 1. The van der Waals surface area contributed by atoms with Crippen LogP contribution in [0.3, 0.4) is 0 Å². The second-order valence-electron chi connectivity index (χ2n) is 7.01. The summed E-state index contributed by atoms with van der Waals surface area (Å²) in [5.74, 6) is 0.0562. The first kappa shape index (κ1) is 20.0. The molecule has 1 amide bonds. The third-order valence-corrected chi connectivity index (χ3v) is 5.11. The minimum Gasteiger partial charge on any atom is -0.352 e. The SMILES string of the molecule is Cc1ccc(CNC(=O)CCCCCn2c(=S)[nH]c3ccccc3c2=O)cc1. The van der Waals surface area contributed by atoms with Crippen LogP contribution in [-0.4, -0.2) is 15.5 Å². The quantitative estimate of drug-likeness (QED) is 0.443. The Balaban J connectivity index is 1.43. The molecule has 146 valence electrons. The number of aryl methyl sites for hydroxylation is 1. The van der Waals surface area contributed by atoms with Crippen molar-refractivity contribution in [3.63, 3.8) is 0 Å². The number of para-hydroxylation sites is 1. The number of nitrogens with zero attached hydrogens (tertiary/aromatic N) is 1. The summed E-state index contributed by atoms with van der Waals surface area (Å²) in [6.45, 7) is 3.16. The Hall–Kier alpha value is -2.73. The molecule has 0 aliphatic heterocycles. The molecule has 28 heavy (non-hydrogen) atoms. The zero-order valence-corrected chi connectivity index (χ0v) is 16.8. The van der Waals surface area contributed by atoms with E-state index in [1.165, 1.54) is 5.56 Å². The number of benzene rings is 2. The molecule has 3 rings (SSSR count). The van der Waals surface area contributed by atoms with Gasteiger partial charge in [0, 0.05) is 19.5 Å². The van der Waals surface area contributed by atoms with Crippen LogP contribution < -0.4 is 10.9 Å². The van der Waals surface area contributed by atoms with Gasteiger partial charge in [-0.25, -0.2) is 0 Å². The largest absolute Gasteiger partial charge is 0.352 e. The molecular weight excluding hydrogens is 370 g/mol. The van der Waals surface area contributed by atoms with E-state index >= 15 is 0 Å². The maximum atomic E-state index is 12.6. The summed E-state index contributed by atoms with van der Waals surface area (Å²) in [4.78, 5) is 27.7. The van der Waals surface area contributed by atoms with Crippen molar-refractivity contribution >= 4 is 29.0 Å². The van der Waals surface area contributed by atoms with Gasteiger partial charge in [-0.15, -0.1) is 0 Å². The summed E-state index contributed by atoms with van der Waals surface area (Å²) in [7, 11) is 0. The molecular formula is C22H25N3O2S. The number of aromatic nitrogens is 2. The number of hydrogen-bond donors (Lipinski definition) is 2. The first-order valence-corrected chi connectivity index (χ1v) is 9.99. The Morgan fingerprint density at radius 2 is 1.82 bits per heavy atom. The molecule has 0 aliphatic rings. The van der Waals surface area contributed by atoms with Crippen LogP contribution in [0.2, 0.25) is 0 Å². The number of rotatable bonds is 8. The fourth-order valence-electron chi connectivity index (χ4n) is 3.13. The third kappa shape index (κ3) is 5.16. The second kappa shape index (κ2) is 9.46. The van der Waals surface area contributed by atoms with Gasteiger partial charge < -0.3 is 10.3 Å². The lowest BCUT2D eigenvalue weighted by molar-refractivity contribution is -0.121. The summed E-state index contributed by atoms with van der Waals surface area (Å²) in [5.41, 5.74) is 3.01. The molecule has 2 aromatic carbocycles. The molecule has 2 N–H and O–H groups in total. The number of aromatic amines is 1. The second-order valence-corrected chi connectivity index (χ2v) is 7.39. The minimum atomic E-state index is -0.0600. The molecule has 0 spiro atoms. The van der Waals surface area contributed by atoms with E-state index in [4.69, 9.17) is 12.2 Å². The van der Waals surface area contributed by atoms with Crippen molar-refractivity contribution in [2.75, 3.05) is 0 Å². The minimum absolute atomic E-state index is 0.0562. The summed E-state index contributed by atoms with van der Waals surface area (Å²) in [5, 5.41) is 3.59. The molecule has 0 saturated carbocycles. The van der Waals surface area contributed by atoms with E-state index in [1.54, 1.807) is 10.6 Å². The number of hydrogen-bond acceptors (Lipinski definition) is 3. The third-order valence-electron chi connectivity index (χ3n) is 4.79. The van der Waals surface area contributed by atoms with Crippen LogP contribution in [0.15, 0.2) is 53.3 Å². The lowest BCUT2D eigenvalue weighted by Gasteiger charge is -2.08. The zero-order valence-electron chi connectivity index (χ0n) is 16.0. The van der Waals surface area contributed by atoms with Gasteiger partial charge in [0.2, 0.25) is 5.91 Å². The summed E-state index contributed by atoms with van der Waals surface area (Å²) in [6, 6.07) is 15.5. The fourth-order valence-corrected chi connectivity index (χ4v) is 3.41. The van der Waals surface area contributed by atoms with Crippen molar-refractivity contribution in [3.05, 3.63) is 74.8 Å². The van der Waals surface area contributed by atoms with Crippen LogP contribution in [-0.2, 0) is 17.9 Å². The van der Waals surface area contributed by atoms with Gasteiger partial charge in [0.05, 0.1) is 10.9 Å². The van der Waals surface area contributed by atoms with E-state index in [2.05, 4.69) is 10.3 Å². The highest BCUT2D eigenvalue weighted by Gasteiger charge is 2.06. The van der Waals surface area contributed by atoms with Crippen LogP contribution >= 0.6 is 12.2 Å². The Morgan fingerprint density at radius 1 is 1.07 bits per heavy atom. The number of carbonyl (C=O) groups is 1. The normalized spacial score (nSPS) is 10.9. The maximum Gasteiger partial charge on any atom is 0.262 e. The van der Waals surface area contributed by atoms with Gasteiger partial charge in [-0.3, -0.25) is 14.2 Å². The number of fused-ring (bicyclic) bond motifs is 1. The van der Waals surface area contributed by atoms with Crippen LogP contribution in [0.25, 0.3) is 10.9 Å². The summed E-state index contributed by atoms with van der Waals surface area (Å²) >= 11 is 5.32. The van der Waals surface area contributed by atoms with E-state index in [0.29, 0.717) is 29.7 Å². The number of nitrogens with one attached hydrogen (secondary N) is 2. The van der Waals surface area contributed by atoms with Crippen molar-refractivity contribution in [1.82, 2.24) is 14.9 Å². The van der Waals surface area contributed by atoms with Crippen LogP contribution in [0.1, 0.15) is 36.8 Å². The average molecular weight is 396 g/mol. The van der Waals surface area contributed by atoms with Crippen molar-refractivity contribution in [3.8, 4) is 0 Å². The highest BCUT2D eigenvalue weighted by molar-refractivity contribution is 7.71. The molecule has 0 radical (unpaired) electrons. The van der Waals surface area contributed by atoms with Crippen molar-refractivity contribution in [2.24, 2.45) is 0 Å². The highest BCUT2D eigenvalue weighted by Crippen LogP contribution is 2.08. The molecule has 0 saturated heterocycles. The Morgan fingerprint density at radius 3 is 2.61 bits per heavy atom. The molecule has 5 nitrogen and oxygen atoms in total. The predicted molar refractivity (Wildman–Crippen MR) is 115 cm³/mol. The van der Waals surface area contributed by atoms with Crippen molar-refractivity contribution < 1.29 is 4.79 Å². The topological polar surface area (TPSA) is 66.9 Å². The summed E-state index contributed by atoms with van der Waals surface area (Å²) in [6.07, 6.45) is 2.96. The van der Waals surface area contributed by atoms with Crippen LogP contribution in [0.5, 0.6) is 0 Å². The van der Waals surface area contributed by atoms with Crippen LogP contribution in [0.4, 0.5) is 0 Å². The van der Waals surface area contributed by atoms with Gasteiger partial charge in [0.15, 0.2) is 4.77 Å². The summed E-state index contributed by atoms with van der Waals surface area (Å²) < 4.78 is 2.05. The molecule has 0 bridgehead atoms. The van der Waals surface area contributed by atoms with Gasteiger partial charge in [-0.05, 0) is 49.7 Å². The van der Waals surface area contributed by atoms with Crippen molar-refractivity contribution in [1.29, 1.82) is 0 Å². The Bertz CT molecular complexity index is 1070. The van der Waals surface area contributed by atoms with Gasteiger partial charge in [-0.1, -0.05) is 48.4 Å². The van der Waals surface area contributed by atoms with Crippen molar-refractivity contribution in [2.45, 2.75) is 45.7 Å². The molecule has 3 aromatic rings. The molecule has 0 atom stereocenters. The van der Waals surface area contributed by atoms with Gasteiger partial charge in [-0.2, -0.15) is 0 Å². The molecule has 1 heterocycles. The monoisotopic (exact) mass is 395 g/mol. The van der Waals surface area contributed by atoms with Gasteiger partial charge >= 0.3 is 0 Å². The lowest BCUT2D eigenvalue weighted by atomic mass is 10.1. The molecule has 0 aliphatic carbocycles. The first-order chi connectivity index (χ1) is 13.5. The maximum absolute atomic E-state index is 12.6. The molecule has 0 fully saturated rings. The van der Waals surface area contributed by atoms with E-state index in [1.807, 2.05) is 49.4 Å². The van der Waals surface area contributed by atoms with E-state index in [0.717, 1.165) is 30.3 Å². The smallest absolute Gasteiger partial charge is 0.262 e. The Kier molecular flexibility index (Phi) is 6.76. The highest BCUT2D eigenvalue weighted by atomic mass is 32.1. The van der Waals surface area contributed by atoms with E-state index in [9.17, 15) is 9.59 Å². The van der Waals surface area contributed by atoms with Gasteiger partial charge in [0.25, 0.3) is 5.56 Å². The number of carbonyl (C=O) groups excluding carboxylic acids is 1. The first-order valence-electron chi connectivity index (χ1n) is 9.59. The zero-order chi connectivity index (χ0) is 19.9. The van der Waals surface area contributed by atoms with E-state index < -0.39 is 0 Å². The predicted octanol–water partition coefficient (Wildman–Crippen LogP) is 4.24. The standard InChI is InChI=1S/C22H25N3O2S/c1-16-10-12-17(13-11-16)15-23-20(26)9-3-2-6-14-25-21(27)18-7-4-5-8-19(18)24-22(25)28/h4-5,7-8,10-13H,2-3,6,9,14-15H2,1H3,(H,23,26)(H,24,28). The Labute approximate surface area is 169 Å².